The minimum absolute atomic E-state index is 0.160. The fourth-order valence-electron chi connectivity index (χ4n) is 1.34. The SMILES string of the molecule is CC1(C)COc2ccc(F)cc2NC1=O. The third-order valence-corrected chi connectivity index (χ3v) is 2.39. The van der Waals surface area contributed by atoms with Crippen molar-refractivity contribution >= 4 is 11.6 Å². The lowest BCUT2D eigenvalue weighted by Gasteiger charge is -2.18. The number of carbonyl (C=O) groups excluding carboxylic acids is 1. The molecule has 2 rings (SSSR count). The average molecular weight is 209 g/mol. The second kappa shape index (κ2) is 3.22. The van der Waals surface area contributed by atoms with Gasteiger partial charge in [-0.2, -0.15) is 0 Å². The summed E-state index contributed by atoms with van der Waals surface area (Å²) in [5, 5.41) is 2.65. The monoisotopic (exact) mass is 209 g/mol. The Morgan fingerprint density at radius 3 is 2.93 bits per heavy atom. The van der Waals surface area contributed by atoms with Gasteiger partial charge in [-0.1, -0.05) is 0 Å². The van der Waals surface area contributed by atoms with Crippen LogP contribution >= 0.6 is 0 Å². The molecular weight excluding hydrogens is 197 g/mol. The second-order valence-electron chi connectivity index (χ2n) is 4.27. The van der Waals surface area contributed by atoms with Crippen LogP contribution in [0, 0.1) is 11.2 Å². The smallest absolute Gasteiger partial charge is 0.233 e. The molecule has 1 amide bonds. The molecule has 1 aliphatic heterocycles. The topological polar surface area (TPSA) is 38.3 Å². The molecule has 1 aromatic rings. The van der Waals surface area contributed by atoms with Crippen LogP contribution in [0.5, 0.6) is 5.75 Å². The number of benzene rings is 1. The van der Waals surface area contributed by atoms with Crippen LogP contribution < -0.4 is 10.1 Å². The first-order chi connectivity index (χ1) is 6.99. The summed E-state index contributed by atoms with van der Waals surface area (Å²) in [4.78, 5) is 11.7. The van der Waals surface area contributed by atoms with Crippen molar-refractivity contribution in [3.63, 3.8) is 0 Å². The Kier molecular flexibility index (Phi) is 2.14. The predicted molar refractivity (Wildman–Crippen MR) is 54.3 cm³/mol. The lowest BCUT2D eigenvalue weighted by Crippen LogP contribution is -2.33. The van der Waals surface area contributed by atoms with Crippen molar-refractivity contribution in [2.75, 3.05) is 11.9 Å². The number of nitrogens with one attached hydrogen (secondary N) is 1. The molecule has 0 radical (unpaired) electrons. The highest BCUT2D eigenvalue weighted by atomic mass is 19.1. The van der Waals surface area contributed by atoms with Gasteiger partial charge in [0.25, 0.3) is 0 Å². The summed E-state index contributed by atoms with van der Waals surface area (Å²) in [5.74, 6) is -0.0421. The zero-order chi connectivity index (χ0) is 11.1. The molecule has 1 aromatic carbocycles. The molecule has 0 aromatic heterocycles. The van der Waals surface area contributed by atoms with E-state index in [-0.39, 0.29) is 12.5 Å². The fraction of sp³-hybridized carbons (Fsp3) is 0.364. The van der Waals surface area contributed by atoms with Gasteiger partial charge in [0.1, 0.15) is 18.2 Å². The van der Waals surface area contributed by atoms with Crippen LogP contribution in [-0.4, -0.2) is 12.5 Å². The summed E-state index contributed by atoms with van der Waals surface area (Å²) >= 11 is 0. The van der Waals surface area contributed by atoms with E-state index in [2.05, 4.69) is 5.32 Å². The van der Waals surface area contributed by atoms with Crippen LogP contribution in [0.3, 0.4) is 0 Å². The zero-order valence-electron chi connectivity index (χ0n) is 8.63. The van der Waals surface area contributed by atoms with Crippen molar-refractivity contribution < 1.29 is 13.9 Å². The summed E-state index contributed by atoms with van der Waals surface area (Å²) in [6.45, 7) is 3.85. The van der Waals surface area contributed by atoms with E-state index in [1.54, 1.807) is 13.8 Å². The molecule has 80 valence electrons. The van der Waals surface area contributed by atoms with Crippen molar-refractivity contribution in [2.24, 2.45) is 5.41 Å². The average Bonchev–Trinajstić information content (AvgIpc) is 2.25. The molecule has 1 heterocycles. The number of rotatable bonds is 0. The molecule has 4 heteroatoms. The molecule has 0 saturated heterocycles. The number of hydrogen-bond donors (Lipinski definition) is 1. The predicted octanol–water partition coefficient (Wildman–Crippen LogP) is 2.18. The largest absolute Gasteiger partial charge is 0.490 e. The minimum atomic E-state index is -0.602. The Balaban J connectivity index is 2.40. The molecule has 0 aliphatic carbocycles. The Morgan fingerprint density at radius 1 is 1.47 bits per heavy atom. The van der Waals surface area contributed by atoms with Crippen molar-refractivity contribution in [1.29, 1.82) is 0 Å². The number of fused-ring (bicyclic) bond motifs is 1. The summed E-state index contributed by atoms with van der Waals surface area (Å²) in [6, 6.07) is 4.09. The Morgan fingerprint density at radius 2 is 2.20 bits per heavy atom. The van der Waals surface area contributed by atoms with Gasteiger partial charge in [-0.05, 0) is 26.0 Å². The molecule has 1 aliphatic rings. The Labute approximate surface area is 87.2 Å². The number of carbonyl (C=O) groups is 1. The number of halogens is 1. The number of hydrogen-bond acceptors (Lipinski definition) is 2. The number of amides is 1. The van der Waals surface area contributed by atoms with E-state index in [0.717, 1.165) is 0 Å². The second-order valence-corrected chi connectivity index (χ2v) is 4.27. The molecule has 0 saturated carbocycles. The zero-order valence-corrected chi connectivity index (χ0v) is 8.63. The van der Waals surface area contributed by atoms with Crippen LogP contribution in [0.15, 0.2) is 18.2 Å². The molecular formula is C11H12FNO2. The van der Waals surface area contributed by atoms with Gasteiger partial charge in [0, 0.05) is 6.07 Å². The van der Waals surface area contributed by atoms with Crippen LogP contribution in [0.25, 0.3) is 0 Å². The third-order valence-electron chi connectivity index (χ3n) is 2.39. The normalized spacial score (nSPS) is 18.5. The molecule has 3 nitrogen and oxygen atoms in total. The van der Waals surface area contributed by atoms with E-state index in [1.807, 2.05) is 0 Å². The van der Waals surface area contributed by atoms with Crippen LogP contribution in [-0.2, 0) is 4.79 Å². The van der Waals surface area contributed by atoms with E-state index >= 15 is 0 Å². The minimum Gasteiger partial charge on any atom is -0.490 e. The van der Waals surface area contributed by atoms with Gasteiger partial charge in [-0.3, -0.25) is 4.79 Å². The fourth-order valence-corrected chi connectivity index (χ4v) is 1.34. The van der Waals surface area contributed by atoms with Gasteiger partial charge in [0.05, 0.1) is 11.1 Å². The van der Waals surface area contributed by atoms with Crippen LogP contribution in [0.2, 0.25) is 0 Å². The lowest BCUT2D eigenvalue weighted by molar-refractivity contribution is -0.124. The van der Waals surface area contributed by atoms with Gasteiger partial charge in [0.15, 0.2) is 0 Å². The maximum Gasteiger partial charge on any atom is 0.233 e. The van der Waals surface area contributed by atoms with Crippen molar-refractivity contribution in [1.82, 2.24) is 0 Å². The van der Waals surface area contributed by atoms with E-state index in [0.29, 0.717) is 11.4 Å². The standard InChI is InChI=1S/C11H12FNO2/c1-11(2)6-15-9-4-3-7(12)5-8(9)13-10(11)14/h3-5H,6H2,1-2H3,(H,13,14). The van der Waals surface area contributed by atoms with Crippen LogP contribution in [0.1, 0.15) is 13.8 Å². The maximum absolute atomic E-state index is 12.9. The molecule has 1 N–H and O–H groups in total. The third kappa shape index (κ3) is 1.79. The van der Waals surface area contributed by atoms with Gasteiger partial charge in [-0.25, -0.2) is 4.39 Å². The van der Waals surface area contributed by atoms with E-state index in [1.165, 1.54) is 18.2 Å². The Hall–Kier alpha value is -1.58. The Bertz CT molecular complexity index is 415. The van der Waals surface area contributed by atoms with Gasteiger partial charge in [-0.15, -0.1) is 0 Å². The maximum atomic E-state index is 12.9. The number of anilines is 1. The lowest BCUT2D eigenvalue weighted by atomic mass is 9.94. The molecule has 0 unspecified atom stereocenters. The van der Waals surface area contributed by atoms with Gasteiger partial charge in [0.2, 0.25) is 5.91 Å². The number of ether oxygens (including phenoxy) is 1. The van der Waals surface area contributed by atoms with Crippen LogP contribution in [0.4, 0.5) is 10.1 Å². The van der Waals surface area contributed by atoms with Gasteiger partial charge >= 0.3 is 0 Å². The summed E-state index contributed by atoms with van der Waals surface area (Å²) in [5.41, 5.74) is -0.208. The van der Waals surface area contributed by atoms with Crippen molar-refractivity contribution in [3.05, 3.63) is 24.0 Å². The first kappa shape index (κ1) is 9.96. The van der Waals surface area contributed by atoms with Gasteiger partial charge < -0.3 is 10.1 Å². The summed E-state index contributed by atoms with van der Waals surface area (Å²) < 4.78 is 18.4. The van der Waals surface area contributed by atoms with E-state index in [9.17, 15) is 9.18 Å². The summed E-state index contributed by atoms with van der Waals surface area (Å²) in [6.07, 6.45) is 0. The molecule has 0 spiro atoms. The molecule has 0 fully saturated rings. The quantitative estimate of drug-likeness (QED) is 0.711. The highest BCUT2D eigenvalue weighted by Crippen LogP contribution is 2.32. The van der Waals surface area contributed by atoms with Crippen molar-refractivity contribution in [3.8, 4) is 5.75 Å². The van der Waals surface area contributed by atoms with E-state index < -0.39 is 11.2 Å². The first-order valence-electron chi connectivity index (χ1n) is 4.73. The van der Waals surface area contributed by atoms with E-state index in [4.69, 9.17) is 4.74 Å². The molecule has 0 bridgehead atoms. The highest BCUT2D eigenvalue weighted by Gasteiger charge is 2.32. The molecule has 0 atom stereocenters. The van der Waals surface area contributed by atoms with Crippen molar-refractivity contribution in [2.45, 2.75) is 13.8 Å². The molecule has 15 heavy (non-hydrogen) atoms. The first-order valence-corrected chi connectivity index (χ1v) is 4.73. The summed E-state index contributed by atoms with van der Waals surface area (Å²) in [7, 11) is 0. The highest BCUT2D eigenvalue weighted by molar-refractivity contribution is 5.96.